The predicted molar refractivity (Wildman–Crippen MR) is 458 cm³/mol. The quantitative estimate of drug-likeness (QED) is 0.0458. The van der Waals surface area contributed by atoms with Gasteiger partial charge in [0.2, 0.25) is 41.4 Å². The molecular formula is C89H100N16O8S4. The van der Waals surface area contributed by atoms with Crippen LogP contribution in [-0.4, -0.2) is 152 Å². The van der Waals surface area contributed by atoms with Crippen molar-refractivity contribution in [1.82, 2.24) is 44.6 Å². The normalized spacial score (nSPS) is 16.0. The highest BCUT2D eigenvalue weighted by molar-refractivity contribution is 8.00. The molecule has 0 spiro atoms. The highest BCUT2D eigenvalue weighted by atomic mass is 32.2. The number of aryl methyl sites for hydroxylation is 9. The molecule has 1 amide bonds. The summed E-state index contributed by atoms with van der Waals surface area (Å²) in [5, 5.41) is 38.6. The van der Waals surface area contributed by atoms with Gasteiger partial charge in [0.25, 0.3) is 0 Å². The number of primary amides is 1. The molecule has 0 saturated carbocycles. The Hall–Kier alpha value is -10.4. The molecule has 28 heteroatoms. The molecule has 3 saturated heterocycles. The molecule has 0 radical (unpaired) electrons. The summed E-state index contributed by atoms with van der Waals surface area (Å²) in [5.41, 5.74) is 20.3. The summed E-state index contributed by atoms with van der Waals surface area (Å²) in [6.45, 7) is 21.9. The fourth-order valence-electron chi connectivity index (χ4n) is 15.5. The van der Waals surface area contributed by atoms with E-state index in [9.17, 15) is 33.8 Å². The maximum atomic E-state index is 12.1. The van der Waals surface area contributed by atoms with Gasteiger partial charge in [0.05, 0.1) is 83.7 Å². The third-order valence-corrected chi connectivity index (χ3v) is 26.2. The first kappa shape index (κ1) is 84.6. The van der Waals surface area contributed by atoms with E-state index in [2.05, 4.69) is 54.9 Å². The van der Waals surface area contributed by atoms with Gasteiger partial charge in [0, 0.05) is 88.8 Å². The third kappa shape index (κ3) is 22.3. The smallest absolute Gasteiger partial charge is 0.338 e. The van der Waals surface area contributed by atoms with Crippen molar-refractivity contribution in [2.75, 3.05) is 85.3 Å². The number of benzene rings is 6. The number of sulfone groups is 1. The van der Waals surface area contributed by atoms with Gasteiger partial charge in [0.15, 0.2) is 9.84 Å². The van der Waals surface area contributed by atoms with E-state index in [0.29, 0.717) is 74.8 Å². The van der Waals surface area contributed by atoms with Gasteiger partial charge in [-0.05, 0) is 266 Å². The van der Waals surface area contributed by atoms with Crippen LogP contribution in [0.15, 0.2) is 129 Å². The number of fused-ring (bicyclic) bond motifs is 3. The predicted octanol–water partition coefficient (Wildman–Crippen LogP) is 16.3. The highest BCUT2D eigenvalue weighted by Crippen LogP contribution is 2.44. The molecule has 9 aromatic rings. The van der Waals surface area contributed by atoms with Gasteiger partial charge in [0.1, 0.15) is 17.2 Å². The van der Waals surface area contributed by atoms with Crippen LogP contribution in [0.1, 0.15) is 169 Å². The summed E-state index contributed by atoms with van der Waals surface area (Å²) in [6, 6.07) is 40.9. The number of rotatable bonds is 22. The van der Waals surface area contributed by atoms with Crippen LogP contribution in [-0.2, 0) is 53.5 Å². The van der Waals surface area contributed by atoms with Crippen molar-refractivity contribution in [2.24, 2.45) is 5.73 Å². The molecule has 6 aliphatic rings. The standard InChI is InChI=1S/C31H35N5O3S.C29H32N6O2S.C29H33N5O3S2/c1-4-38-30(37)24-8-5-7-22(17-24)19-36-12-10-25(11-13-36)33-31-34-26-9-6-14-40-28(26)29(35-31)39-27-20(2)15-23(18-32)16-21(27)3;1-18-13-21(16-30)14-19(2)25(18)37-28-26-24(7-4-12-38-26)33-29(34-28)32-23-8-10-35(11-9-23)17-20-5-3-6-22(15-20)27(31)36;1-19-15-22(17-30)16-20(2)26(19)37-28-27-25(5-4-14-38-27)32-29(33-28)31-23-10-12-34(13-11-23)18-21-6-8-24(9-7-21)39(3,35)36/h5,7-8,15-17,25H,4,6,9-14,19H2,1-3H3,(H,33,34,35);3,5-6,13-15,23H,4,7-12,17H2,1-2H3,(H2,31,36)(H,32,33,34);6-9,15-16,23H,4-5,10-14,18H2,1-3H3,(H,31,32,33). The average Bonchev–Trinajstić information content (AvgIpc) is 0.796. The van der Waals surface area contributed by atoms with Crippen molar-refractivity contribution in [1.29, 1.82) is 15.8 Å². The second-order valence-corrected chi connectivity index (χ2v) is 36.0. The molecule has 6 aromatic carbocycles. The lowest BCUT2D eigenvalue weighted by atomic mass is 10.0. The van der Waals surface area contributed by atoms with Crippen molar-refractivity contribution >= 4 is 74.8 Å². The fourth-order valence-corrected chi connectivity index (χ4v) is 19.2. The SMILES string of the molecule is CCOC(=O)c1cccc(CN2CCC(Nc3nc4c(c(Oc5c(C)cc(C#N)cc5C)n3)SCCC4)CC2)c1.Cc1cc(C#N)cc(C)c1Oc1nc(NC2CCN(Cc3ccc(S(C)(=O)=O)cc3)CC2)nc2c1SCCC2.Cc1cc(C#N)cc(C)c1Oc1nc(NC2CCN(Cc3cccc(C(N)=O)c3)CC2)nc2c1SCCC2. The van der Waals surface area contributed by atoms with Gasteiger partial charge in [-0.25, -0.2) is 28.2 Å². The number of aromatic nitrogens is 6. The minimum absolute atomic E-state index is 0.259. The number of likely N-dealkylation sites (tertiary alicyclic amines) is 3. The van der Waals surface area contributed by atoms with Crippen LogP contribution in [0.5, 0.6) is 34.9 Å². The molecule has 6 aliphatic heterocycles. The molecule has 24 nitrogen and oxygen atoms in total. The molecule has 0 bridgehead atoms. The number of nitrogens with one attached hydrogen (secondary N) is 3. The minimum atomic E-state index is -3.18. The zero-order valence-corrected chi connectivity index (χ0v) is 70.9. The van der Waals surface area contributed by atoms with Crippen LogP contribution in [0, 0.1) is 75.5 Å². The van der Waals surface area contributed by atoms with Crippen LogP contribution >= 0.6 is 35.3 Å². The second kappa shape index (κ2) is 39.3. The molecule has 15 rings (SSSR count). The molecule has 0 atom stereocenters. The Balaban J connectivity index is 0.000000152. The Labute approximate surface area is 698 Å². The van der Waals surface area contributed by atoms with Crippen LogP contribution in [0.25, 0.3) is 0 Å². The van der Waals surface area contributed by atoms with Crippen molar-refractivity contribution < 1.29 is 37.0 Å². The molecule has 9 heterocycles. The van der Waals surface area contributed by atoms with Gasteiger partial charge in [-0.15, -0.1) is 35.3 Å². The van der Waals surface area contributed by atoms with Crippen molar-refractivity contribution in [3.8, 4) is 53.1 Å². The largest absolute Gasteiger partial charge is 0.462 e. The van der Waals surface area contributed by atoms with Crippen LogP contribution < -0.4 is 35.9 Å². The van der Waals surface area contributed by atoms with Gasteiger partial charge in [-0.2, -0.15) is 30.7 Å². The Bertz CT molecular complexity index is 5310. The summed E-state index contributed by atoms with van der Waals surface area (Å²) in [6.07, 6.45) is 13.0. The number of nitrogens with two attached hydrogens (primary N) is 1. The number of thioether (sulfide) groups is 3. The van der Waals surface area contributed by atoms with Crippen molar-refractivity contribution in [2.45, 2.75) is 183 Å². The number of carbonyl (C=O) groups is 2. The number of hydrogen-bond acceptors (Lipinski definition) is 26. The number of nitriles is 3. The summed E-state index contributed by atoms with van der Waals surface area (Å²) in [7, 11) is -3.18. The molecule has 3 aromatic heterocycles. The fraction of sp³-hybridized carbons (Fsp3) is 0.404. The van der Waals surface area contributed by atoms with E-state index in [4.69, 9.17) is 54.6 Å². The molecule has 608 valence electrons. The van der Waals surface area contributed by atoms with E-state index in [1.54, 1.807) is 59.6 Å². The first-order valence-corrected chi connectivity index (χ1v) is 45.0. The van der Waals surface area contributed by atoms with Gasteiger partial charge in [-0.3, -0.25) is 19.5 Å². The van der Waals surface area contributed by atoms with Crippen LogP contribution in [0.3, 0.4) is 0 Å². The monoisotopic (exact) mass is 1650 g/mol. The molecular weight excluding hydrogens is 1550 g/mol. The summed E-state index contributed by atoms with van der Waals surface area (Å²) >= 11 is 5.24. The van der Waals surface area contributed by atoms with E-state index in [-0.39, 0.29) is 24.1 Å². The lowest BCUT2D eigenvalue weighted by molar-refractivity contribution is 0.0525. The molecule has 5 N–H and O–H groups in total. The van der Waals surface area contributed by atoms with Crippen molar-refractivity contribution in [3.05, 3.63) is 204 Å². The Morgan fingerprint density at radius 2 is 0.795 bits per heavy atom. The zero-order chi connectivity index (χ0) is 82.3. The maximum Gasteiger partial charge on any atom is 0.338 e. The van der Waals surface area contributed by atoms with Gasteiger partial charge >= 0.3 is 5.97 Å². The summed E-state index contributed by atoms with van der Waals surface area (Å²) in [4.78, 5) is 63.3. The first-order chi connectivity index (χ1) is 56.5. The lowest BCUT2D eigenvalue weighted by Gasteiger charge is -2.32. The zero-order valence-electron chi connectivity index (χ0n) is 67.6. The molecule has 3 fully saturated rings. The maximum absolute atomic E-state index is 12.1. The van der Waals surface area contributed by atoms with Gasteiger partial charge < -0.3 is 40.6 Å². The van der Waals surface area contributed by atoms with E-state index >= 15 is 0 Å². The summed E-state index contributed by atoms with van der Waals surface area (Å²) in [5.74, 6) is 8.20. The van der Waals surface area contributed by atoms with E-state index in [1.807, 2.05) is 127 Å². The summed E-state index contributed by atoms with van der Waals surface area (Å²) < 4.78 is 47.8. The molecule has 117 heavy (non-hydrogen) atoms. The second-order valence-electron chi connectivity index (χ2n) is 30.7. The number of anilines is 3. The number of amides is 1. The number of piperidine rings is 3. The van der Waals surface area contributed by atoms with Crippen LogP contribution in [0.2, 0.25) is 0 Å². The van der Waals surface area contributed by atoms with E-state index in [0.717, 1.165) is 252 Å². The topological polar surface area (TPSA) is 326 Å². The minimum Gasteiger partial charge on any atom is -0.462 e. The first-order valence-electron chi connectivity index (χ1n) is 40.1. The van der Waals surface area contributed by atoms with Gasteiger partial charge in [-0.1, -0.05) is 36.4 Å². The Morgan fingerprint density at radius 3 is 1.11 bits per heavy atom. The highest BCUT2D eigenvalue weighted by Gasteiger charge is 2.30. The Morgan fingerprint density at radius 1 is 0.470 bits per heavy atom. The molecule has 0 aliphatic carbocycles. The molecule has 0 unspecified atom stereocenters. The number of nitrogens with zero attached hydrogens (tertiary/aromatic N) is 12. The van der Waals surface area contributed by atoms with E-state index in [1.165, 1.54) is 6.26 Å². The van der Waals surface area contributed by atoms with Crippen LogP contribution in [0.4, 0.5) is 17.8 Å². The average molecular weight is 1650 g/mol. The number of hydrogen-bond donors (Lipinski definition) is 4. The Kier molecular flexibility index (Phi) is 28.4. The van der Waals surface area contributed by atoms with Crippen molar-refractivity contribution in [3.63, 3.8) is 0 Å². The number of ether oxygens (including phenoxy) is 4. The third-order valence-electron chi connectivity index (χ3n) is 21.5. The number of carbonyl (C=O) groups excluding carboxylic acids is 2. The number of esters is 1. The van der Waals surface area contributed by atoms with E-state index < -0.39 is 15.7 Å². The lowest BCUT2D eigenvalue weighted by Crippen LogP contribution is -2.39.